The van der Waals surface area contributed by atoms with E-state index in [4.69, 9.17) is 5.26 Å². The van der Waals surface area contributed by atoms with Gasteiger partial charge >= 0.3 is 0 Å². The van der Waals surface area contributed by atoms with E-state index in [-0.39, 0.29) is 0 Å². The summed E-state index contributed by atoms with van der Waals surface area (Å²) in [5, 5.41) is 9.92. The maximum atomic E-state index is 8.79. The minimum atomic E-state index is 0.530. The van der Waals surface area contributed by atoms with E-state index in [1.807, 2.05) is 10.8 Å². The zero-order valence-electron chi connectivity index (χ0n) is 10.2. The summed E-state index contributed by atoms with van der Waals surface area (Å²) >= 11 is 3.44. The third kappa shape index (κ3) is 5.88. The lowest BCUT2D eigenvalue weighted by Gasteiger charge is -2.03. The fourth-order valence-corrected chi connectivity index (χ4v) is 2.26. The molecule has 94 valence electrons. The van der Waals surface area contributed by atoms with Gasteiger partial charge in [-0.15, -0.1) is 0 Å². The van der Waals surface area contributed by atoms with Crippen molar-refractivity contribution >= 4 is 15.9 Å². The maximum Gasteiger partial charge on any atom is 0.212 e. The highest BCUT2D eigenvalue weighted by Crippen LogP contribution is 2.09. The van der Waals surface area contributed by atoms with Crippen molar-refractivity contribution in [1.29, 1.82) is 5.26 Å². The molecule has 0 aliphatic rings. The Bertz CT molecular complexity index is 341. The predicted octanol–water partition coefficient (Wildman–Crippen LogP) is 3.88. The number of rotatable bonds is 9. The lowest BCUT2D eigenvalue weighted by atomic mass is 10.1. The van der Waals surface area contributed by atoms with Crippen LogP contribution in [-0.2, 0) is 6.54 Å². The lowest BCUT2D eigenvalue weighted by molar-refractivity contribution is 0.548. The Kier molecular flexibility index (Phi) is 7.74. The lowest BCUT2D eigenvalue weighted by Crippen LogP contribution is -1.99. The van der Waals surface area contributed by atoms with E-state index >= 15 is 0 Å². The molecule has 0 saturated carbocycles. The Morgan fingerprint density at radius 3 is 2.41 bits per heavy atom. The predicted molar refractivity (Wildman–Crippen MR) is 73.1 cm³/mol. The van der Waals surface area contributed by atoms with Gasteiger partial charge in [-0.25, -0.2) is 4.98 Å². The third-order valence-electron chi connectivity index (χ3n) is 2.85. The zero-order chi connectivity index (χ0) is 12.3. The van der Waals surface area contributed by atoms with Crippen LogP contribution in [0.2, 0.25) is 0 Å². The van der Waals surface area contributed by atoms with Gasteiger partial charge in [0.1, 0.15) is 6.07 Å². The molecule has 1 aromatic rings. The number of nitrogens with zero attached hydrogens (tertiary/aromatic N) is 3. The third-order valence-corrected chi connectivity index (χ3v) is 3.41. The molecule has 0 saturated heterocycles. The first-order chi connectivity index (χ1) is 8.38. The van der Waals surface area contributed by atoms with Gasteiger partial charge in [-0.1, -0.05) is 48.0 Å². The van der Waals surface area contributed by atoms with Crippen LogP contribution in [0, 0.1) is 11.3 Å². The second kappa shape index (κ2) is 9.23. The van der Waals surface area contributed by atoms with E-state index in [0.717, 1.165) is 18.3 Å². The molecule has 0 fully saturated rings. The van der Waals surface area contributed by atoms with Crippen LogP contribution in [-0.4, -0.2) is 14.9 Å². The first-order valence-corrected chi connectivity index (χ1v) is 7.48. The SMILES string of the molecule is N#Cc1nccn1CCCCCCCCCBr. The van der Waals surface area contributed by atoms with Crippen LogP contribution < -0.4 is 0 Å². The number of imidazole rings is 1. The Balaban J connectivity index is 2.00. The van der Waals surface area contributed by atoms with Crippen molar-refractivity contribution < 1.29 is 0 Å². The summed E-state index contributed by atoms with van der Waals surface area (Å²) in [6.45, 7) is 0.921. The normalized spacial score (nSPS) is 10.4. The number of halogens is 1. The van der Waals surface area contributed by atoms with E-state index < -0.39 is 0 Å². The van der Waals surface area contributed by atoms with Gasteiger partial charge in [-0.2, -0.15) is 5.26 Å². The number of alkyl halides is 1. The minimum Gasteiger partial charge on any atom is -0.323 e. The molecule has 4 heteroatoms. The first-order valence-electron chi connectivity index (χ1n) is 6.35. The number of nitriles is 1. The van der Waals surface area contributed by atoms with Crippen LogP contribution in [0.25, 0.3) is 0 Å². The summed E-state index contributed by atoms with van der Waals surface area (Å²) in [5.41, 5.74) is 0. The van der Waals surface area contributed by atoms with Crippen molar-refractivity contribution in [3.8, 4) is 6.07 Å². The molecule has 0 radical (unpaired) electrons. The molecule has 1 rings (SSSR count). The number of hydrogen-bond acceptors (Lipinski definition) is 2. The van der Waals surface area contributed by atoms with Gasteiger partial charge in [0.05, 0.1) is 0 Å². The fraction of sp³-hybridized carbons (Fsp3) is 0.692. The average Bonchev–Trinajstić information content (AvgIpc) is 2.80. The standard InChI is InChI=1S/C13H20BrN3/c14-8-6-4-2-1-3-5-7-10-17-11-9-16-13(17)12-15/h9,11H,1-8,10H2. The van der Waals surface area contributed by atoms with Crippen LogP contribution >= 0.6 is 15.9 Å². The minimum absolute atomic E-state index is 0.530. The molecular weight excluding hydrogens is 278 g/mol. The van der Waals surface area contributed by atoms with Crippen LogP contribution in [0.3, 0.4) is 0 Å². The summed E-state index contributed by atoms with van der Waals surface area (Å²) in [6, 6.07) is 2.10. The van der Waals surface area contributed by atoms with Crippen molar-refractivity contribution in [3.63, 3.8) is 0 Å². The topological polar surface area (TPSA) is 41.6 Å². The summed E-state index contributed by atoms with van der Waals surface area (Å²) in [6.07, 6.45) is 12.6. The quantitative estimate of drug-likeness (QED) is 0.513. The highest BCUT2D eigenvalue weighted by Gasteiger charge is 1.99. The van der Waals surface area contributed by atoms with Gasteiger partial charge in [0.15, 0.2) is 0 Å². The van der Waals surface area contributed by atoms with Crippen molar-refractivity contribution in [2.75, 3.05) is 5.33 Å². The van der Waals surface area contributed by atoms with E-state index in [1.54, 1.807) is 6.20 Å². The number of unbranched alkanes of at least 4 members (excludes halogenated alkanes) is 6. The molecule has 17 heavy (non-hydrogen) atoms. The zero-order valence-corrected chi connectivity index (χ0v) is 11.8. The van der Waals surface area contributed by atoms with Crippen LogP contribution in [0.1, 0.15) is 50.8 Å². The molecule has 1 heterocycles. The molecule has 0 N–H and O–H groups in total. The summed E-state index contributed by atoms with van der Waals surface area (Å²) in [5.74, 6) is 0.530. The van der Waals surface area contributed by atoms with Crippen molar-refractivity contribution in [2.24, 2.45) is 0 Å². The van der Waals surface area contributed by atoms with Gasteiger partial charge in [-0.3, -0.25) is 0 Å². The van der Waals surface area contributed by atoms with Crippen molar-refractivity contribution in [2.45, 2.75) is 51.5 Å². The maximum absolute atomic E-state index is 8.79. The molecule has 0 atom stereocenters. The van der Waals surface area contributed by atoms with Gasteiger partial charge in [0, 0.05) is 24.3 Å². The van der Waals surface area contributed by atoms with E-state index in [1.165, 1.54) is 38.5 Å². The monoisotopic (exact) mass is 297 g/mol. The summed E-state index contributed by atoms with van der Waals surface area (Å²) < 4.78 is 1.94. The second-order valence-corrected chi connectivity index (χ2v) is 5.01. The van der Waals surface area contributed by atoms with Crippen molar-refractivity contribution in [1.82, 2.24) is 9.55 Å². The number of aromatic nitrogens is 2. The Hall–Kier alpha value is -0.820. The molecule has 0 bridgehead atoms. The Morgan fingerprint density at radius 2 is 1.76 bits per heavy atom. The molecule has 1 aromatic heterocycles. The van der Waals surface area contributed by atoms with Gasteiger partial charge in [-0.05, 0) is 12.8 Å². The summed E-state index contributed by atoms with van der Waals surface area (Å²) in [4.78, 5) is 3.98. The number of hydrogen-bond donors (Lipinski definition) is 0. The molecular formula is C13H20BrN3. The van der Waals surface area contributed by atoms with Gasteiger partial charge in [0.25, 0.3) is 0 Å². The van der Waals surface area contributed by atoms with Crippen molar-refractivity contribution in [3.05, 3.63) is 18.2 Å². The average molecular weight is 298 g/mol. The fourth-order valence-electron chi connectivity index (χ4n) is 1.86. The Labute approximate surface area is 112 Å². The van der Waals surface area contributed by atoms with Crippen LogP contribution in [0.4, 0.5) is 0 Å². The molecule has 0 aromatic carbocycles. The largest absolute Gasteiger partial charge is 0.323 e. The van der Waals surface area contributed by atoms with Crippen LogP contribution in [0.15, 0.2) is 12.4 Å². The number of aryl methyl sites for hydroxylation is 1. The molecule has 0 spiro atoms. The smallest absolute Gasteiger partial charge is 0.212 e. The molecule has 0 unspecified atom stereocenters. The van der Waals surface area contributed by atoms with E-state index in [2.05, 4.69) is 27.0 Å². The molecule has 0 aliphatic carbocycles. The summed E-state index contributed by atoms with van der Waals surface area (Å²) in [7, 11) is 0. The molecule has 0 aliphatic heterocycles. The van der Waals surface area contributed by atoms with Crippen LogP contribution in [0.5, 0.6) is 0 Å². The Morgan fingerprint density at radius 1 is 1.12 bits per heavy atom. The highest BCUT2D eigenvalue weighted by molar-refractivity contribution is 9.09. The second-order valence-electron chi connectivity index (χ2n) is 4.22. The van der Waals surface area contributed by atoms with E-state index in [0.29, 0.717) is 5.82 Å². The van der Waals surface area contributed by atoms with Gasteiger partial charge in [0.2, 0.25) is 5.82 Å². The highest BCUT2D eigenvalue weighted by atomic mass is 79.9. The molecule has 0 amide bonds. The molecule has 3 nitrogen and oxygen atoms in total. The first kappa shape index (κ1) is 14.2. The van der Waals surface area contributed by atoms with Gasteiger partial charge < -0.3 is 4.57 Å². The van der Waals surface area contributed by atoms with E-state index in [9.17, 15) is 0 Å².